The molecular weight excluding hydrogens is 272 g/mol. The van der Waals surface area contributed by atoms with Crippen molar-refractivity contribution in [1.82, 2.24) is 10.6 Å². The molecule has 1 fully saturated rings. The number of hydrogen-bond donors (Lipinski definition) is 3. The van der Waals surface area contributed by atoms with Crippen molar-refractivity contribution in [1.29, 1.82) is 0 Å². The first kappa shape index (κ1) is 15.2. The molecule has 7 heteroatoms. The first-order valence-corrected chi connectivity index (χ1v) is 6.99. The van der Waals surface area contributed by atoms with E-state index in [-0.39, 0.29) is 17.1 Å². The summed E-state index contributed by atoms with van der Waals surface area (Å²) in [6.45, 7) is 4.60. The van der Waals surface area contributed by atoms with E-state index in [0.29, 0.717) is 12.2 Å². The van der Waals surface area contributed by atoms with Crippen LogP contribution in [0.3, 0.4) is 0 Å². The Balaban J connectivity index is 1.87. The zero-order valence-electron chi connectivity index (χ0n) is 12.0. The number of rotatable bonds is 4. The van der Waals surface area contributed by atoms with Gasteiger partial charge >= 0.3 is 6.03 Å². The number of amides is 2. The van der Waals surface area contributed by atoms with Crippen molar-refractivity contribution in [3.63, 3.8) is 0 Å². The molecule has 2 amide bonds. The second-order valence-corrected chi connectivity index (χ2v) is 5.71. The lowest BCUT2D eigenvalue weighted by Crippen LogP contribution is -2.46. The number of nitrogens with one attached hydrogen (secondary N) is 3. The van der Waals surface area contributed by atoms with Gasteiger partial charge in [0.15, 0.2) is 0 Å². The molecule has 1 heterocycles. The van der Waals surface area contributed by atoms with E-state index in [1.54, 1.807) is 12.1 Å². The highest BCUT2D eigenvalue weighted by Crippen LogP contribution is 2.24. The number of urea groups is 1. The van der Waals surface area contributed by atoms with E-state index in [4.69, 9.17) is 0 Å². The standard InChI is InChI=1S/C14H20N4O3/c1-14(6-3-7-15-9-14)10-16-13(19)17-11-4-2-5-12(8-11)18(20)21/h2,4-5,8,15H,3,6-7,9-10H2,1H3,(H2,16,17,19). The highest BCUT2D eigenvalue weighted by Gasteiger charge is 2.27. The Hall–Kier alpha value is -2.15. The van der Waals surface area contributed by atoms with Crippen LogP contribution in [-0.4, -0.2) is 30.6 Å². The van der Waals surface area contributed by atoms with Crippen LogP contribution in [0.4, 0.5) is 16.2 Å². The minimum Gasteiger partial charge on any atom is -0.337 e. The third-order valence-electron chi connectivity index (χ3n) is 3.68. The molecule has 1 atom stereocenters. The molecule has 0 bridgehead atoms. The molecule has 7 nitrogen and oxygen atoms in total. The van der Waals surface area contributed by atoms with E-state index in [9.17, 15) is 14.9 Å². The van der Waals surface area contributed by atoms with Crippen LogP contribution in [0.2, 0.25) is 0 Å². The van der Waals surface area contributed by atoms with E-state index < -0.39 is 4.92 Å². The summed E-state index contributed by atoms with van der Waals surface area (Å²) >= 11 is 0. The fraction of sp³-hybridized carbons (Fsp3) is 0.500. The Morgan fingerprint density at radius 2 is 2.33 bits per heavy atom. The Bertz CT molecular complexity index is 527. The second-order valence-electron chi connectivity index (χ2n) is 5.71. The summed E-state index contributed by atoms with van der Waals surface area (Å²) in [5.74, 6) is 0. The number of nitro benzene ring substituents is 1. The molecule has 0 aliphatic carbocycles. The van der Waals surface area contributed by atoms with Gasteiger partial charge in [0.05, 0.1) is 4.92 Å². The minimum absolute atomic E-state index is 0.0451. The van der Waals surface area contributed by atoms with Crippen LogP contribution < -0.4 is 16.0 Å². The maximum atomic E-state index is 11.9. The Kier molecular flexibility index (Phi) is 4.74. The summed E-state index contributed by atoms with van der Waals surface area (Å²) in [5, 5.41) is 19.5. The van der Waals surface area contributed by atoms with Gasteiger partial charge in [-0.1, -0.05) is 13.0 Å². The van der Waals surface area contributed by atoms with Crippen molar-refractivity contribution in [3.05, 3.63) is 34.4 Å². The van der Waals surface area contributed by atoms with Crippen LogP contribution in [0.25, 0.3) is 0 Å². The van der Waals surface area contributed by atoms with Gasteiger partial charge in [0.2, 0.25) is 0 Å². The van der Waals surface area contributed by atoms with Crippen LogP contribution in [0, 0.1) is 15.5 Å². The highest BCUT2D eigenvalue weighted by molar-refractivity contribution is 5.89. The molecule has 3 N–H and O–H groups in total. The number of carbonyl (C=O) groups excluding carboxylic acids is 1. The first-order chi connectivity index (χ1) is 9.98. The van der Waals surface area contributed by atoms with Gasteiger partial charge in [-0.25, -0.2) is 4.79 Å². The Morgan fingerprint density at radius 1 is 1.52 bits per heavy atom. The van der Waals surface area contributed by atoms with Crippen molar-refractivity contribution < 1.29 is 9.72 Å². The molecular formula is C14H20N4O3. The average molecular weight is 292 g/mol. The molecule has 1 unspecified atom stereocenters. The molecule has 21 heavy (non-hydrogen) atoms. The van der Waals surface area contributed by atoms with Crippen molar-refractivity contribution >= 4 is 17.4 Å². The first-order valence-electron chi connectivity index (χ1n) is 6.99. The van der Waals surface area contributed by atoms with Gasteiger partial charge in [0.25, 0.3) is 5.69 Å². The fourth-order valence-electron chi connectivity index (χ4n) is 2.44. The molecule has 0 spiro atoms. The number of nitrogens with zero attached hydrogens (tertiary/aromatic N) is 1. The molecule has 114 valence electrons. The van der Waals surface area contributed by atoms with Gasteiger partial charge in [-0.2, -0.15) is 0 Å². The number of benzene rings is 1. The number of hydrogen-bond acceptors (Lipinski definition) is 4. The molecule has 1 aromatic rings. The third-order valence-corrected chi connectivity index (χ3v) is 3.68. The topological polar surface area (TPSA) is 96.3 Å². The van der Waals surface area contributed by atoms with E-state index in [0.717, 1.165) is 25.9 Å². The smallest absolute Gasteiger partial charge is 0.319 e. The molecule has 1 aliphatic rings. The molecule has 1 saturated heterocycles. The predicted molar refractivity (Wildman–Crippen MR) is 80.3 cm³/mol. The summed E-state index contributed by atoms with van der Waals surface area (Å²) in [5.41, 5.74) is 0.419. The number of anilines is 1. The van der Waals surface area contributed by atoms with E-state index in [2.05, 4.69) is 22.9 Å². The zero-order valence-corrected chi connectivity index (χ0v) is 12.0. The van der Waals surface area contributed by atoms with E-state index in [1.165, 1.54) is 12.1 Å². The SMILES string of the molecule is CC1(CNC(=O)Nc2cccc([N+](=O)[O-])c2)CCCNC1. The molecule has 1 aromatic carbocycles. The van der Waals surface area contributed by atoms with Gasteiger partial charge in [-0.05, 0) is 30.9 Å². The van der Waals surface area contributed by atoms with Crippen molar-refractivity contribution in [2.75, 3.05) is 25.0 Å². The summed E-state index contributed by atoms with van der Waals surface area (Å²) in [7, 11) is 0. The molecule has 1 aliphatic heterocycles. The number of non-ortho nitro benzene ring substituents is 1. The second kappa shape index (κ2) is 6.53. The normalized spacial score (nSPS) is 21.6. The van der Waals surface area contributed by atoms with Gasteiger partial charge < -0.3 is 16.0 Å². The molecule has 0 saturated carbocycles. The summed E-state index contributed by atoms with van der Waals surface area (Å²) < 4.78 is 0. The molecule has 0 radical (unpaired) electrons. The van der Waals surface area contributed by atoms with Crippen LogP contribution in [0.5, 0.6) is 0 Å². The zero-order chi connectivity index (χ0) is 15.3. The van der Waals surface area contributed by atoms with E-state index >= 15 is 0 Å². The third kappa shape index (κ3) is 4.42. The maximum absolute atomic E-state index is 11.9. The van der Waals surface area contributed by atoms with Crippen LogP contribution in [-0.2, 0) is 0 Å². The summed E-state index contributed by atoms with van der Waals surface area (Å²) in [6.07, 6.45) is 2.17. The monoisotopic (exact) mass is 292 g/mol. The lowest BCUT2D eigenvalue weighted by molar-refractivity contribution is -0.384. The Labute approximate surface area is 123 Å². The van der Waals surface area contributed by atoms with Gasteiger partial charge in [0, 0.05) is 30.9 Å². The van der Waals surface area contributed by atoms with Crippen molar-refractivity contribution in [2.24, 2.45) is 5.41 Å². The number of piperidine rings is 1. The Morgan fingerprint density at radius 3 is 3.00 bits per heavy atom. The average Bonchev–Trinajstić information content (AvgIpc) is 2.46. The molecule has 2 rings (SSSR count). The minimum atomic E-state index is -0.488. The summed E-state index contributed by atoms with van der Waals surface area (Å²) in [6, 6.07) is 5.54. The van der Waals surface area contributed by atoms with Crippen molar-refractivity contribution in [2.45, 2.75) is 19.8 Å². The number of nitro groups is 1. The predicted octanol–water partition coefficient (Wildman–Crippen LogP) is 2.11. The van der Waals surface area contributed by atoms with Crippen LogP contribution in [0.15, 0.2) is 24.3 Å². The van der Waals surface area contributed by atoms with Crippen molar-refractivity contribution in [3.8, 4) is 0 Å². The van der Waals surface area contributed by atoms with Crippen LogP contribution >= 0.6 is 0 Å². The quantitative estimate of drug-likeness (QED) is 0.585. The maximum Gasteiger partial charge on any atom is 0.319 e. The number of carbonyl (C=O) groups is 1. The largest absolute Gasteiger partial charge is 0.337 e. The fourth-order valence-corrected chi connectivity index (χ4v) is 2.44. The van der Waals surface area contributed by atoms with Gasteiger partial charge in [-0.15, -0.1) is 0 Å². The van der Waals surface area contributed by atoms with E-state index in [1.807, 2.05) is 0 Å². The molecule has 0 aromatic heterocycles. The van der Waals surface area contributed by atoms with Gasteiger partial charge in [0.1, 0.15) is 0 Å². The van der Waals surface area contributed by atoms with Crippen LogP contribution in [0.1, 0.15) is 19.8 Å². The van der Waals surface area contributed by atoms with Gasteiger partial charge in [-0.3, -0.25) is 10.1 Å². The lowest BCUT2D eigenvalue weighted by atomic mass is 9.83. The summed E-state index contributed by atoms with van der Waals surface area (Å²) in [4.78, 5) is 22.1. The highest BCUT2D eigenvalue weighted by atomic mass is 16.6. The lowest BCUT2D eigenvalue weighted by Gasteiger charge is -2.34.